The highest BCUT2D eigenvalue weighted by Crippen LogP contribution is 2.18. The molecule has 0 spiro atoms. The first-order valence-electron chi connectivity index (χ1n) is 6.14. The average molecular weight is 273 g/mol. The molecule has 1 N–H and O–H groups in total. The number of ether oxygens (including phenoxy) is 2. The molecule has 0 aliphatic rings. The van der Waals surface area contributed by atoms with E-state index in [1.807, 2.05) is 6.07 Å². The van der Waals surface area contributed by atoms with Crippen molar-refractivity contribution < 1.29 is 9.47 Å². The lowest BCUT2D eigenvalue weighted by atomic mass is 10.3. The zero-order valence-electron chi connectivity index (χ0n) is 11.2. The van der Waals surface area contributed by atoms with E-state index in [-0.39, 0.29) is 0 Å². The van der Waals surface area contributed by atoms with Crippen molar-refractivity contribution in [3.05, 3.63) is 22.8 Å². The third-order valence-electron chi connectivity index (χ3n) is 2.31. The van der Waals surface area contributed by atoms with E-state index in [0.717, 1.165) is 12.1 Å². The van der Waals surface area contributed by atoms with Crippen molar-refractivity contribution in [3.63, 3.8) is 0 Å². The van der Waals surface area contributed by atoms with E-state index >= 15 is 0 Å². The summed E-state index contributed by atoms with van der Waals surface area (Å²) in [7, 11) is 1.68. The normalized spacial score (nSPS) is 10.9. The van der Waals surface area contributed by atoms with Gasteiger partial charge in [-0.1, -0.05) is 25.4 Å². The fourth-order valence-corrected chi connectivity index (χ4v) is 1.52. The van der Waals surface area contributed by atoms with E-state index in [1.54, 1.807) is 13.2 Å². The van der Waals surface area contributed by atoms with Crippen LogP contribution in [0.5, 0.6) is 5.88 Å². The molecule has 0 amide bonds. The molecular weight excluding hydrogens is 252 g/mol. The van der Waals surface area contributed by atoms with Crippen molar-refractivity contribution in [2.24, 2.45) is 0 Å². The molecule has 0 aromatic carbocycles. The molecule has 0 bridgehead atoms. The SMILES string of the molecule is COCCCOc1ccc(Cl)c(CNC(C)C)n1. The molecule has 4 nitrogen and oxygen atoms in total. The first-order chi connectivity index (χ1) is 8.63. The van der Waals surface area contributed by atoms with Crippen molar-refractivity contribution in [2.75, 3.05) is 20.3 Å². The smallest absolute Gasteiger partial charge is 0.213 e. The maximum Gasteiger partial charge on any atom is 0.213 e. The second-order valence-electron chi connectivity index (χ2n) is 4.31. The summed E-state index contributed by atoms with van der Waals surface area (Å²) in [6.07, 6.45) is 0.848. The molecule has 0 aliphatic heterocycles. The Hall–Kier alpha value is -0.840. The fourth-order valence-electron chi connectivity index (χ4n) is 1.35. The van der Waals surface area contributed by atoms with Crippen LogP contribution in [0.3, 0.4) is 0 Å². The molecule has 0 radical (unpaired) electrons. The molecule has 1 rings (SSSR count). The highest BCUT2D eigenvalue weighted by Gasteiger charge is 2.05. The van der Waals surface area contributed by atoms with Crippen LogP contribution in [0.15, 0.2) is 12.1 Å². The van der Waals surface area contributed by atoms with Crippen LogP contribution >= 0.6 is 11.6 Å². The van der Waals surface area contributed by atoms with Crippen molar-refractivity contribution >= 4 is 11.6 Å². The lowest BCUT2D eigenvalue weighted by Crippen LogP contribution is -2.22. The number of halogens is 1. The molecule has 1 aromatic rings. The van der Waals surface area contributed by atoms with Crippen molar-refractivity contribution in [2.45, 2.75) is 32.9 Å². The van der Waals surface area contributed by atoms with Gasteiger partial charge >= 0.3 is 0 Å². The predicted molar refractivity (Wildman–Crippen MR) is 73.2 cm³/mol. The largest absolute Gasteiger partial charge is 0.478 e. The van der Waals surface area contributed by atoms with E-state index in [0.29, 0.717) is 36.7 Å². The van der Waals surface area contributed by atoms with E-state index < -0.39 is 0 Å². The van der Waals surface area contributed by atoms with Gasteiger partial charge in [-0.3, -0.25) is 0 Å². The van der Waals surface area contributed by atoms with Gasteiger partial charge in [-0.15, -0.1) is 0 Å². The Morgan fingerprint density at radius 2 is 2.11 bits per heavy atom. The van der Waals surface area contributed by atoms with Gasteiger partial charge in [0.2, 0.25) is 5.88 Å². The second kappa shape index (κ2) is 8.29. The predicted octanol–water partition coefficient (Wildman–Crippen LogP) is 2.65. The fraction of sp³-hybridized carbons (Fsp3) is 0.615. The van der Waals surface area contributed by atoms with Crippen LogP contribution in [0.4, 0.5) is 0 Å². The van der Waals surface area contributed by atoms with E-state index in [9.17, 15) is 0 Å². The molecule has 18 heavy (non-hydrogen) atoms. The van der Waals surface area contributed by atoms with Crippen LogP contribution < -0.4 is 10.1 Å². The number of hydrogen-bond donors (Lipinski definition) is 1. The quantitative estimate of drug-likeness (QED) is 0.739. The number of pyridine rings is 1. The monoisotopic (exact) mass is 272 g/mol. The van der Waals surface area contributed by atoms with Crippen molar-refractivity contribution in [3.8, 4) is 5.88 Å². The Balaban J connectivity index is 2.51. The standard InChI is InChI=1S/C13H21ClN2O2/c1-10(2)15-9-12-11(14)5-6-13(16-12)18-8-4-7-17-3/h5-6,10,15H,4,7-9H2,1-3H3. The summed E-state index contributed by atoms with van der Waals surface area (Å²) in [6, 6.07) is 4.00. The number of nitrogens with zero attached hydrogens (tertiary/aromatic N) is 1. The molecule has 0 unspecified atom stereocenters. The molecule has 1 aromatic heterocycles. The Labute approximate surface area is 114 Å². The average Bonchev–Trinajstić information content (AvgIpc) is 2.34. The molecule has 1 heterocycles. The molecule has 0 aliphatic carbocycles. The summed E-state index contributed by atoms with van der Waals surface area (Å²) in [6.45, 7) is 6.10. The lowest BCUT2D eigenvalue weighted by Gasteiger charge is -2.11. The summed E-state index contributed by atoms with van der Waals surface area (Å²) in [5, 5.41) is 3.94. The third-order valence-corrected chi connectivity index (χ3v) is 2.66. The third kappa shape index (κ3) is 5.67. The Morgan fingerprint density at radius 3 is 2.78 bits per heavy atom. The first-order valence-corrected chi connectivity index (χ1v) is 6.52. The van der Waals surface area contributed by atoms with Crippen molar-refractivity contribution in [1.29, 1.82) is 0 Å². The van der Waals surface area contributed by atoms with Gasteiger partial charge in [-0.05, 0) is 6.07 Å². The number of hydrogen-bond acceptors (Lipinski definition) is 4. The summed E-state index contributed by atoms with van der Waals surface area (Å²) >= 11 is 6.09. The number of aromatic nitrogens is 1. The van der Waals surface area contributed by atoms with E-state index in [4.69, 9.17) is 21.1 Å². The highest BCUT2D eigenvalue weighted by molar-refractivity contribution is 6.31. The Bertz CT molecular complexity index is 359. The molecule has 102 valence electrons. The summed E-state index contributed by atoms with van der Waals surface area (Å²) in [5.41, 5.74) is 0.814. The van der Waals surface area contributed by atoms with Gasteiger partial charge < -0.3 is 14.8 Å². The minimum Gasteiger partial charge on any atom is -0.478 e. The lowest BCUT2D eigenvalue weighted by molar-refractivity contribution is 0.170. The van der Waals surface area contributed by atoms with Crippen LogP contribution in [0.2, 0.25) is 5.02 Å². The maximum absolute atomic E-state index is 6.09. The zero-order chi connectivity index (χ0) is 13.4. The zero-order valence-corrected chi connectivity index (χ0v) is 12.0. The summed E-state index contributed by atoms with van der Waals surface area (Å²) in [4.78, 5) is 4.38. The van der Waals surface area contributed by atoms with Crippen LogP contribution in [0.1, 0.15) is 26.0 Å². The van der Waals surface area contributed by atoms with Gasteiger partial charge in [0.1, 0.15) is 0 Å². The van der Waals surface area contributed by atoms with Gasteiger partial charge in [-0.25, -0.2) is 4.98 Å². The minimum absolute atomic E-state index is 0.397. The van der Waals surface area contributed by atoms with Crippen LogP contribution in [0, 0.1) is 0 Å². The summed E-state index contributed by atoms with van der Waals surface area (Å²) < 4.78 is 10.5. The number of rotatable bonds is 8. The number of methoxy groups -OCH3 is 1. The van der Waals surface area contributed by atoms with Gasteiger partial charge in [0, 0.05) is 38.8 Å². The van der Waals surface area contributed by atoms with Crippen LogP contribution in [-0.4, -0.2) is 31.3 Å². The van der Waals surface area contributed by atoms with E-state index in [2.05, 4.69) is 24.1 Å². The van der Waals surface area contributed by atoms with Gasteiger partial charge in [0.15, 0.2) is 0 Å². The van der Waals surface area contributed by atoms with Crippen LogP contribution in [-0.2, 0) is 11.3 Å². The van der Waals surface area contributed by atoms with Crippen LogP contribution in [0.25, 0.3) is 0 Å². The second-order valence-corrected chi connectivity index (χ2v) is 4.72. The molecule has 0 saturated heterocycles. The summed E-state index contributed by atoms with van der Waals surface area (Å²) in [5.74, 6) is 0.607. The molecule has 0 saturated carbocycles. The van der Waals surface area contributed by atoms with Crippen molar-refractivity contribution in [1.82, 2.24) is 10.3 Å². The highest BCUT2D eigenvalue weighted by atomic mass is 35.5. The van der Waals surface area contributed by atoms with Gasteiger partial charge in [0.25, 0.3) is 0 Å². The van der Waals surface area contributed by atoms with Gasteiger partial charge in [0.05, 0.1) is 17.3 Å². The molecular formula is C13H21ClN2O2. The van der Waals surface area contributed by atoms with Gasteiger partial charge in [-0.2, -0.15) is 0 Å². The minimum atomic E-state index is 0.397. The number of nitrogens with one attached hydrogen (secondary N) is 1. The topological polar surface area (TPSA) is 43.4 Å². The molecule has 0 fully saturated rings. The van der Waals surface area contributed by atoms with E-state index in [1.165, 1.54) is 0 Å². The maximum atomic E-state index is 6.09. The Morgan fingerprint density at radius 1 is 1.33 bits per heavy atom. The molecule has 5 heteroatoms. The first kappa shape index (κ1) is 15.2. The Kier molecular flexibility index (Phi) is 7.01. The molecule has 0 atom stereocenters.